The van der Waals surface area contributed by atoms with Crippen LogP contribution in [0.5, 0.6) is 0 Å². The van der Waals surface area contributed by atoms with Crippen molar-refractivity contribution in [3.63, 3.8) is 0 Å². The van der Waals surface area contributed by atoms with Gasteiger partial charge in [-0.3, -0.25) is 14.7 Å². The Balaban J connectivity index is 1.97. The summed E-state index contributed by atoms with van der Waals surface area (Å²) in [4.78, 5) is 18.1. The number of amides is 1. The molecule has 0 atom stereocenters. The first-order valence-electron chi connectivity index (χ1n) is 5.42. The van der Waals surface area contributed by atoms with Crippen LogP contribution >= 0.6 is 23.4 Å². The number of hydrogen-bond acceptors (Lipinski definition) is 3. The highest BCUT2D eigenvalue weighted by Crippen LogP contribution is 2.27. The smallest absolute Gasteiger partial charge is 0.261 e. The lowest BCUT2D eigenvalue weighted by molar-refractivity contribution is -0.121. The van der Waals surface area contributed by atoms with E-state index in [-0.39, 0.29) is 5.91 Å². The summed E-state index contributed by atoms with van der Waals surface area (Å²) in [6, 6.07) is 7.45. The zero-order chi connectivity index (χ0) is 12.5. The number of carbonyl (C=O) groups excluding carboxylic acids is 1. The summed E-state index contributed by atoms with van der Waals surface area (Å²) in [5.74, 6) is -0.0267. The summed E-state index contributed by atoms with van der Waals surface area (Å²) in [6.07, 6.45) is 3.55. The summed E-state index contributed by atoms with van der Waals surface area (Å²) in [5, 5.41) is 3.24. The van der Waals surface area contributed by atoms with Gasteiger partial charge in [0, 0.05) is 16.8 Å². The monoisotopic (exact) mass is 276 g/mol. The quantitative estimate of drug-likeness (QED) is 0.738. The molecule has 0 spiro atoms. The van der Waals surface area contributed by atoms with Gasteiger partial charge < -0.3 is 0 Å². The minimum Gasteiger partial charge on any atom is -0.269 e. The normalized spacial score (nSPS) is 20.3. The average Bonchev–Trinajstić information content (AvgIpc) is 2.84. The largest absolute Gasteiger partial charge is 0.269 e. The van der Waals surface area contributed by atoms with E-state index in [2.05, 4.69) is 4.99 Å². The highest BCUT2D eigenvalue weighted by Gasteiger charge is 2.28. The lowest BCUT2D eigenvalue weighted by Gasteiger charge is -2.20. The van der Waals surface area contributed by atoms with Crippen LogP contribution < -0.4 is 0 Å². The summed E-state index contributed by atoms with van der Waals surface area (Å²) in [5.41, 5.74) is 1.50. The van der Waals surface area contributed by atoms with Crippen molar-refractivity contribution in [2.45, 2.75) is 0 Å². The van der Waals surface area contributed by atoms with Gasteiger partial charge in [-0.15, -0.1) is 0 Å². The van der Waals surface area contributed by atoms with Crippen LogP contribution in [0, 0.1) is 0 Å². The van der Waals surface area contributed by atoms with E-state index in [9.17, 15) is 4.79 Å². The molecule has 2 aliphatic heterocycles. The molecule has 1 aromatic rings. The SMILES string of the molecule is O=C1/C(=C/c2ccccc2Cl)CN=C2SC=CN12. The first-order chi connectivity index (χ1) is 8.75. The third-order valence-electron chi connectivity index (χ3n) is 2.70. The van der Waals surface area contributed by atoms with E-state index in [0.717, 1.165) is 10.7 Å². The Kier molecular flexibility index (Phi) is 2.97. The molecule has 18 heavy (non-hydrogen) atoms. The molecule has 1 aromatic carbocycles. The van der Waals surface area contributed by atoms with E-state index in [4.69, 9.17) is 11.6 Å². The van der Waals surface area contributed by atoms with Crippen LogP contribution in [0.25, 0.3) is 6.08 Å². The Morgan fingerprint density at radius 1 is 1.39 bits per heavy atom. The Hall–Kier alpha value is -1.52. The maximum absolute atomic E-state index is 12.2. The number of carbonyl (C=O) groups is 1. The summed E-state index contributed by atoms with van der Waals surface area (Å²) in [7, 11) is 0. The highest BCUT2D eigenvalue weighted by atomic mass is 35.5. The van der Waals surface area contributed by atoms with Gasteiger partial charge >= 0.3 is 0 Å². The second-order valence-corrected chi connectivity index (χ2v) is 5.15. The van der Waals surface area contributed by atoms with E-state index in [1.807, 2.05) is 35.7 Å². The number of hydrogen-bond donors (Lipinski definition) is 0. The Morgan fingerprint density at radius 3 is 3.06 bits per heavy atom. The van der Waals surface area contributed by atoms with Gasteiger partial charge in [-0.25, -0.2) is 0 Å². The Bertz CT molecular complexity index is 607. The average molecular weight is 277 g/mol. The predicted molar refractivity (Wildman–Crippen MR) is 75.3 cm³/mol. The van der Waals surface area contributed by atoms with Crippen LogP contribution in [-0.2, 0) is 4.79 Å². The predicted octanol–water partition coefficient (Wildman–Crippen LogP) is 3.14. The first kappa shape index (κ1) is 11.6. The molecule has 0 aliphatic carbocycles. The molecule has 2 heterocycles. The number of rotatable bonds is 1. The molecule has 0 fully saturated rings. The maximum atomic E-state index is 12.2. The number of aliphatic imine (C=N–C) groups is 1. The maximum Gasteiger partial charge on any atom is 0.261 e. The molecule has 90 valence electrons. The van der Waals surface area contributed by atoms with Crippen molar-refractivity contribution in [3.05, 3.63) is 52.0 Å². The van der Waals surface area contributed by atoms with Crippen molar-refractivity contribution in [1.29, 1.82) is 0 Å². The van der Waals surface area contributed by atoms with Gasteiger partial charge in [0.25, 0.3) is 5.91 Å². The van der Waals surface area contributed by atoms with Crippen LogP contribution in [0.2, 0.25) is 5.02 Å². The third-order valence-corrected chi connectivity index (χ3v) is 3.84. The molecule has 0 bridgehead atoms. The van der Waals surface area contributed by atoms with E-state index >= 15 is 0 Å². The fraction of sp³-hybridized carbons (Fsp3) is 0.0769. The van der Waals surface area contributed by atoms with E-state index in [1.54, 1.807) is 11.1 Å². The van der Waals surface area contributed by atoms with Crippen molar-refractivity contribution in [1.82, 2.24) is 4.90 Å². The fourth-order valence-corrected chi connectivity index (χ4v) is 2.69. The molecule has 0 aromatic heterocycles. The van der Waals surface area contributed by atoms with Gasteiger partial charge in [0.15, 0.2) is 5.17 Å². The van der Waals surface area contributed by atoms with Gasteiger partial charge in [0.2, 0.25) is 0 Å². The molecule has 3 rings (SSSR count). The Morgan fingerprint density at radius 2 is 2.22 bits per heavy atom. The molecule has 5 heteroatoms. The highest BCUT2D eigenvalue weighted by molar-refractivity contribution is 8.16. The van der Waals surface area contributed by atoms with E-state index in [0.29, 0.717) is 17.1 Å². The lowest BCUT2D eigenvalue weighted by atomic mass is 10.1. The van der Waals surface area contributed by atoms with Gasteiger partial charge in [0.05, 0.1) is 6.54 Å². The molecule has 0 saturated heterocycles. The number of benzene rings is 1. The number of nitrogens with zero attached hydrogens (tertiary/aromatic N) is 2. The van der Waals surface area contributed by atoms with Crippen LogP contribution in [0.3, 0.4) is 0 Å². The van der Waals surface area contributed by atoms with Crippen LogP contribution in [0.15, 0.2) is 46.4 Å². The first-order valence-corrected chi connectivity index (χ1v) is 6.68. The molecule has 2 aliphatic rings. The lowest BCUT2D eigenvalue weighted by Crippen LogP contribution is -2.33. The summed E-state index contributed by atoms with van der Waals surface area (Å²) >= 11 is 7.54. The van der Waals surface area contributed by atoms with Crippen LogP contribution in [0.4, 0.5) is 0 Å². The van der Waals surface area contributed by atoms with Gasteiger partial charge in [-0.1, -0.05) is 41.6 Å². The van der Waals surface area contributed by atoms with Crippen LogP contribution in [0.1, 0.15) is 5.56 Å². The molecule has 3 nitrogen and oxygen atoms in total. The number of thioether (sulfide) groups is 1. The molecule has 1 amide bonds. The molecular weight excluding hydrogens is 268 g/mol. The van der Waals surface area contributed by atoms with E-state index in [1.165, 1.54) is 11.8 Å². The number of amidine groups is 1. The molecule has 0 N–H and O–H groups in total. The molecular formula is C13H9ClN2OS. The number of halogens is 1. The Labute approximate surface area is 114 Å². The summed E-state index contributed by atoms with van der Waals surface area (Å²) in [6.45, 7) is 0.407. The molecule has 0 saturated carbocycles. The second-order valence-electron chi connectivity index (χ2n) is 3.87. The molecule has 0 radical (unpaired) electrons. The van der Waals surface area contributed by atoms with Crippen molar-refractivity contribution < 1.29 is 4.79 Å². The van der Waals surface area contributed by atoms with Crippen molar-refractivity contribution in [2.24, 2.45) is 4.99 Å². The van der Waals surface area contributed by atoms with Gasteiger partial charge in [-0.2, -0.15) is 0 Å². The number of fused-ring (bicyclic) bond motifs is 1. The van der Waals surface area contributed by atoms with Crippen LogP contribution in [-0.4, -0.2) is 22.5 Å². The third kappa shape index (κ3) is 1.98. The minimum atomic E-state index is -0.0267. The van der Waals surface area contributed by atoms with Gasteiger partial charge in [-0.05, 0) is 23.1 Å². The zero-order valence-electron chi connectivity index (χ0n) is 9.34. The molecule has 0 unspecified atom stereocenters. The zero-order valence-corrected chi connectivity index (χ0v) is 10.9. The topological polar surface area (TPSA) is 32.7 Å². The second kappa shape index (κ2) is 4.63. The van der Waals surface area contributed by atoms with Crippen molar-refractivity contribution in [2.75, 3.05) is 6.54 Å². The fourth-order valence-electron chi connectivity index (χ4n) is 1.80. The van der Waals surface area contributed by atoms with Crippen molar-refractivity contribution >= 4 is 40.5 Å². The van der Waals surface area contributed by atoms with E-state index < -0.39 is 0 Å². The summed E-state index contributed by atoms with van der Waals surface area (Å²) < 4.78 is 0. The van der Waals surface area contributed by atoms with Gasteiger partial charge in [0.1, 0.15) is 0 Å². The van der Waals surface area contributed by atoms with Crippen molar-refractivity contribution in [3.8, 4) is 0 Å². The standard InChI is InChI=1S/C13H9ClN2OS/c14-11-4-2-1-3-9(11)7-10-8-15-13-16(12(10)17)5-6-18-13/h1-7H,8H2/b10-7+. The minimum absolute atomic E-state index is 0.0267.